The molecule has 1 saturated heterocycles. The number of thiazole rings is 1. The van der Waals surface area contributed by atoms with E-state index in [4.69, 9.17) is 0 Å². The van der Waals surface area contributed by atoms with Crippen molar-refractivity contribution in [3.8, 4) is 0 Å². The first-order valence-corrected chi connectivity index (χ1v) is 9.27. The quantitative estimate of drug-likeness (QED) is 0.922. The second-order valence-electron chi connectivity index (χ2n) is 5.26. The number of aromatic nitrogens is 1. The fraction of sp³-hybridized carbons (Fsp3) is 0.769. The van der Waals surface area contributed by atoms with Gasteiger partial charge >= 0.3 is 0 Å². The molecule has 0 aliphatic carbocycles. The Labute approximate surface area is 124 Å². The van der Waals surface area contributed by atoms with Crippen molar-refractivity contribution in [2.45, 2.75) is 62.8 Å². The summed E-state index contributed by atoms with van der Waals surface area (Å²) < 4.78 is 27.5. The van der Waals surface area contributed by atoms with Gasteiger partial charge in [0.25, 0.3) is 10.0 Å². The van der Waals surface area contributed by atoms with Crippen molar-refractivity contribution in [2.24, 2.45) is 0 Å². The molecule has 0 amide bonds. The summed E-state index contributed by atoms with van der Waals surface area (Å²) in [7, 11) is -3.55. The second-order valence-corrected chi connectivity index (χ2v) is 8.55. The van der Waals surface area contributed by atoms with Gasteiger partial charge in [-0.1, -0.05) is 13.3 Å². The van der Waals surface area contributed by atoms with Gasteiger partial charge in [0.2, 0.25) is 0 Å². The predicted octanol–water partition coefficient (Wildman–Crippen LogP) is 2.07. The average molecular weight is 318 g/mol. The average Bonchev–Trinajstić information content (AvgIpc) is 2.77. The Hall–Kier alpha value is -0.500. The fourth-order valence-corrected chi connectivity index (χ4v) is 6.06. The van der Waals surface area contributed by atoms with Gasteiger partial charge in [-0.25, -0.2) is 13.4 Å². The van der Waals surface area contributed by atoms with Crippen LogP contribution in [0.2, 0.25) is 0 Å². The zero-order chi connectivity index (χ0) is 14.9. The molecular weight excluding hydrogens is 296 g/mol. The molecule has 0 saturated carbocycles. The zero-order valence-electron chi connectivity index (χ0n) is 12.2. The Balaban J connectivity index is 2.38. The zero-order valence-corrected chi connectivity index (χ0v) is 13.8. The largest absolute Gasteiger partial charge is 0.391 e. The van der Waals surface area contributed by atoms with E-state index in [0.717, 1.165) is 24.3 Å². The maximum Gasteiger partial charge on any atom is 0.254 e. The van der Waals surface area contributed by atoms with Gasteiger partial charge in [0.05, 0.1) is 22.8 Å². The number of piperidine rings is 1. The molecule has 1 N–H and O–H groups in total. The molecular formula is C13H22N2O3S2. The molecule has 7 heteroatoms. The SMILES string of the molecule is CCC(O)C1CCCCN1S(=O)(=O)c1sc(C)nc1C. The first kappa shape index (κ1) is 15.9. The molecule has 1 aromatic heterocycles. The summed E-state index contributed by atoms with van der Waals surface area (Å²) in [5, 5.41) is 10.9. The molecule has 5 nitrogen and oxygen atoms in total. The van der Waals surface area contributed by atoms with Crippen molar-refractivity contribution in [1.82, 2.24) is 9.29 Å². The maximum atomic E-state index is 12.8. The monoisotopic (exact) mass is 318 g/mol. The summed E-state index contributed by atoms with van der Waals surface area (Å²) in [6, 6.07) is -0.305. The van der Waals surface area contributed by atoms with Crippen LogP contribution in [0.5, 0.6) is 0 Å². The number of hydrogen-bond donors (Lipinski definition) is 1. The van der Waals surface area contributed by atoms with Crippen molar-refractivity contribution < 1.29 is 13.5 Å². The van der Waals surface area contributed by atoms with Crippen LogP contribution in [-0.4, -0.2) is 41.5 Å². The summed E-state index contributed by atoms with van der Waals surface area (Å²) in [5.74, 6) is 0. The minimum absolute atomic E-state index is 0.305. The maximum absolute atomic E-state index is 12.8. The number of hydrogen-bond acceptors (Lipinski definition) is 5. The van der Waals surface area contributed by atoms with Crippen LogP contribution in [0, 0.1) is 13.8 Å². The van der Waals surface area contributed by atoms with Crippen LogP contribution in [-0.2, 0) is 10.0 Å². The molecule has 0 aromatic carbocycles. The van der Waals surface area contributed by atoms with E-state index in [9.17, 15) is 13.5 Å². The van der Waals surface area contributed by atoms with Crippen LogP contribution in [0.4, 0.5) is 0 Å². The Morgan fingerprint density at radius 1 is 1.45 bits per heavy atom. The highest BCUT2D eigenvalue weighted by molar-refractivity contribution is 7.91. The number of aliphatic hydroxyl groups is 1. The van der Waals surface area contributed by atoms with Crippen LogP contribution in [0.3, 0.4) is 0 Å². The lowest BCUT2D eigenvalue weighted by molar-refractivity contribution is 0.0668. The topological polar surface area (TPSA) is 70.5 Å². The van der Waals surface area contributed by atoms with Crippen LogP contribution >= 0.6 is 11.3 Å². The lowest BCUT2D eigenvalue weighted by atomic mass is 9.98. The Morgan fingerprint density at radius 3 is 2.70 bits per heavy atom. The van der Waals surface area contributed by atoms with Gasteiger partial charge in [0, 0.05) is 6.54 Å². The van der Waals surface area contributed by atoms with Crippen LogP contribution in [0.15, 0.2) is 4.21 Å². The summed E-state index contributed by atoms with van der Waals surface area (Å²) in [6.07, 6.45) is 2.51. The molecule has 1 aromatic rings. The van der Waals surface area contributed by atoms with E-state index in [0.29, 0.717) is 22.9 Å². The van der Waals surface area contributed by atoms with Crippen molar-refractivity contribution in [3.63, 3.8) is 0 Å². The van der Waals surface area contributed by atoms with Crippen molar-refractivity contribution in [1.29, 1.82) is 0 Å². The summed E-state index contributed by atoms with van der Waals surface area (Å²) in [6.45, 7) is 5.91. The van der Waals surface area contributed by atoms with E-state index < -0.39 is 16.1 Å². The molecule has 0 radical (unpaired) electrons. The van der Waals surface area contributed by atoms with Gasteiger partial charge in [-0.15, -0.1) is 11.3 Å². The molecule has 1 aliphatic rings. The highest BCUT2D eigenvalue weighted by Gasteiger charge is 2.38. The van der Waals surface area contributed by atoms with Gasteiger partial charge in [0.1, 0.15) is 0 Å². The van der Waals surface area contributed by atoms with E-state index in [1.807, 2.05) is 13.8 Å². The molecule has 1 aliphatic heterocycles. The number of nitrogens with zero attached hydrogens (tertiary/aromatic N) is 2. The van der Waals surface area contributed by atoms with Crippen LogP contribution in [0.25, 0.3) is 0 Å². The number of aryl methyl sites for hydroxylation is 2. The standard InChI is InChI=1S/C13H22N2O3S2/c1-4-12(16)11-7-5-6-8-15(11)20(17,18)13-9(2)14-10(3)19-13/h11-12,16H,4-8H2,1-3H3. The molecule has 2 unspecified atom stereocenters. The predicted molar refractivity (Wildman–Crippen MR) is 79.4 cm³/mol. The lowest BCUT2D eigenvalue weighted by Crippen LogP contribution is -2.49. The number of rotatable bonds is 4. The molecule has 0 spiro atoms. The third kappa shape index (κ3) is 2.90. The van der Waals surface area contributed by atoms with Crippen LogP contribution in [0.1, 0.15) is 43.3 Å². The molecule has 0 bridgehead atoms. The van der Waals surface area contributed by atoms with Gasteiger partial charge in [-0.3, -0.25) is 0 Å². The minimum Gasteiger partial charge on any atom is -0.391 e. The normalized spacial score (nSPS) is 22.9. The first-order chi connectivity index (χ1) is 9.37. The second kappa shape index (κ2) is 6.09. The van der Waals surface area contributed by atoms with Gasteiger partial charge in [0.15, 0.2) is 4.21 Å². The fourth-order valence-electron chi connectivity index (χ4n) is 2.74. The number of sulfonamides is 1. The Bertz CT molecular complexity index is 568. The highest BCUT2D eigenvalue weighted by atomic mass is 32.2. The summed E-state index contributed by atoms with van der Waals surface area (Å²) in [4.78, 5) is 4.21. The van der Waals surface area contributed by atoms with E-state index in [1.165, 1.54) is 15.6 Å². The molecule has 2 atom stereocenters. The van der Waals surface area contributed by atoms with E-state index >= 15 is 0 Å². The third-order valence-electron chi connectivity index (χ3n) is 3.76. The highest BCUT2D eigenvalue weighted by Crippen LogP contribution is 2.32. The van der Waals surface area contributed by atoms with E-state index in [1.54, 1.807) is 6.92 Å². The number of aliphatic hydroxyl groups excluding tert-OH is 1. The first-order valence-electron chi connectivity index (χ1n) is 7.02. The van der Waals surface area contributed by atoms with Gasteiger partial charge in [-0.2, -0.15) is 4.31 Å². The van der Waals surface area contributed by atoms with Crippen LogP contribution < -0.4 is 0 Å². The Kier molecular flexibility index (Phi) is 4.84. The van der Waals surface area contributed by atoms with Gasteiger partial charge in [-0.05, 0) is 33.1 Å². The van der Waals surface area contributed by atoms with Crippen molar-refractivity contribution >= 4 is 21.4 Å². The Morgan fingerprint density at radius 2 is 2.15 bits per heavy atom. The lowest BCUT2D eigenvalue weighted by Gasteiger charge is -2.36. The molecule has 2 rings (SSSR count). The minimum atomic E-state index is -3.55. The molecule has 20 heavy (non-hydrogen) atoms. The van der Waals surface area contributed by atoms with E-state index in [2.05, 4.69) is 4.98 Å². The molecule has 1 fully saturated rings. The third-order valence-corrected chi connectivity index (χ3v) is 7.35. The molecule has 2 heterocycles. The summed E-state index contributed by atoms with van der Waals surface area (Å²) in [5.41, 5.74) is 0.558. The summed E-state index contributed by atoms with van der Waals surface area (Å²) >= 11 is 1.21. The van der Waals surface area contributed by atoms with Crippen molar-refractivity contribution in [3.05, 3.63) is 10.7 Å². The smallest absolute Gasteiger partial charge is 0.254 e. The molecule has 114 valence electrons. The van der Waals surface area contributed by atoms with Gasteiger partial charge < -0.3 is 5.11 Å². The van der Waals surface area contributed by atoms with E-state index in [-0.39, 0.29) is 6.04 Å². The van der Waals surface area contributed by atoms with Crippen molar-refractivity contribution in [2.75, 3.05) is 6.54 Å².